The van der Waals surface area contributed by atoms with Gasteiger partial charge in [-0.05, 0) is 0 Å². The topological polar surface area (TPSA) is 36.9 Å². The van der Waals surface area contributed by atoms with Gasteiger partial charge >= 0.3 is 241 Å². The summed E-state index contributed by atoms with van der Waals surface area (Å²) in [4.78, 5) is 0. The summed E-state index contributed by atoms with van der Waals surface area (Å²) in [6, 6.07) is 0. The van der Waals surface area contributed by atoms with E-state index in [1.165, 1.54) is 128 Å². The predicted molar refractivity (Wildman–Crippen MR) is 157 cm³/mol. The zero-order chi connectivity index (χ0) is 27.1. The molecule has 0 aliphatic heterocycles. The molecule has 0 aliphatic rings. The van der Waals surface area contributed by atoms with Crippen molar-refractivity contribution in [1.29, 1.82) is 0 Å². The molecule has 0 bridgehead atoms. The summed E-state index contributed by atoms with van der Waals surface area (Å²) in [5.74, 6) is 0. The fourth-order valence-electron chi connectivity index (χ4n) is 4.57. The van der Waals surface area contributed by atoms with Crippen LogP contribution in [0.2, 0.25) is 0 Å². The first kappa shape index (κ1) is 37.7. The third-order valence-electron chi connectivity index (χ3n) is 7.11. The van der Waals surface area contributed by atoms with Gasteiger partial charge in [0, 0.05) is 0 Å². The van der Waals surface area contributed by atoms with Crippen LogP contribution < -0.4 is 0 Å². The van der Waals surface area contributed by atoms with Gasteiger partial charge in [-0.2, -0.15) is 0 Å². The number of hydrogen-bond donors (Lipinski definition) is 0. The third kappa shape index (κ3) is 26.7. The van der Waals surface area contributed by atoms with Crippen LogP contribution in [0.1, 0.15) is 182 Å². The number of rotatable bonds is 32. The Morgan fingerprint density at radius 3 is 0.676 bits per heavy atom. The second-order valence-electron chi connectivity index (χ2n) is 11.0. The van der Waals surface area contributed by atoms with Crippen molar-refractivity contribution in [2.75, 3.05) is 26.4 Å². The molecule has 0 unspecified atom stereocenters. The SMILES string of the molecule is CCCCCCCC[O][Hf]([O]CCCCCCCC)([O]CCCCCCCC)[O]CCCCCCCC. The van der Waals surface area contributed by atoms with Crippen molar-refractivity contribution in [2.45, 2.75) is 182 Å². The van der Waals surface area contributed by atoms with Crippen LogP contribution in [0.25, 0.3) is 0 Å². The number of unbranched alkanes of at least 4 members (excludes halogenated alkanes) is 20. The molecule has 0 aromatic heterocycles. The van der Waals surface area contributed by atoms with Crippen LogP contribution in [-0.4, -0.2) is 26.4 Å². The molecule has 0 amide bonds. The monoisotopic (exact) mass is 696 g/mol. The van der Waals surface area contributed by atoms with E-state index in [0.29, 0.717) is 0 Å². The maximum absolute atomic E-state index is 6.53. The van der Waals surface area contributed by atoms with Crippen LogP contribution >= 0.6 is 0 Å². The summed E-state index contributed by atoms with van der Waals surface area (Å²) in [5.41, 5.74) is 0. The fraction of sp³-hybridized carbons (Fsp3) is 1.00. The van der Waals surface area contributed by atoms with E-state index in [2.05, 4.69) is 27.7 Å². The van der Waals surface area contributed by atoms with E-state index in [-0.39, 0.29) is 0 Å². The van der Waals surface area contributed by atoms with E-state index >= 15 is 0 Å². The Kier molecular flexibility index (Phi) is 31.8. The molecule has 0 fully saturated rings. The van der Waals surface area contributed by atoms with Gasteiger partial charge in [-0.25, -0.2) is 0 Å². The second kappa shape index (κ2) is 31.2. The molecule has 0 rings (SSSR count). The van der Waals surface area contributed by atoms with Gasteiger partial charge in [0.15, 0.2) is 0 Å². The van der Waals surface area contributed by atoms with Crippen LogP contribution in [0.15, 0.2) is 0 Å². The van der Waals surface area contributed by atoms with Crippen molar-refractivity contribution in [3.05, 3.63) is 0 Å². The van der Waals surface area contributed by atoms with E-state index in [1.807, 2.05) is 0 Å². The minimum atomic E-state index is -4.16. The molecule has 0 saturated heterocycles. The van der Waals surface area contributed by atoms with Gasteiger partial charge in [-0.3, -0.25) is 0 Å². The minimum absolute atomic E-state index is 0.733. The third-order valence-corrected chi connectivity index (χ3v) is 15.1. The summed E-state index contributed by atoms with van der Waals surface area (Å²) >= 11 is -4.16. The molecular weight excluding hydrogens is 627 g/mol. The summed E-state index contributed by atoms with van der Waals surface area (Å²) in [6.07, 6.45) is 30.4. The summed E-state index contributed by atoms with van der Waals surface area (Å²) in [5, 5.41) is 0. The van der Waals surface area contributed by atoms with Gasteiger partial charge in [0.25, 0.3) is 0 Å². The average molecular weight is 695 g/mol. The van der Waals surface area contributed by atoms with Crippen molar-refractivity contribution in [1.82, 2.24) is 0 Å². The van der Waals surface area contributed by atoms with E-state index in [1.54, 1.807) is 0 Å². The fourth-order valence-corrected chi connectivity index (χ4v) is 12.0. The Bertz CT molecular complexity index is 344. The van der Waals surface area contributed by atoms with Gasteiger partial charge < -0.3 is 0 Å². The van der Waals surface area contributed by atoms with Crippen molar-refractivity contribution in [2.24, 2.45) is 0 Å². The molecule has 0 atom stereocenters. The van der Waals surface area contributed by atoms with E-state index < -0.39 is 21.7 Å². The normalized spacial score (nSPS) is 12.0. The Balaban J connectivity index is 4.78. The quantitative estimate of drug-likeness (QED) is 0.0519. The molecule has 0 saturated carbocycles. The van der Waals surface area contributed by atoms with Crippen molar-refractivity contribution in [3.63, 3.8) is 0 Å². The van der Waals surface area contributed by atoms with E-state index in [4.69, 9.17) is 11.4 Å². The molecule has 37 heavy (non-hydrogen) atoms. The van der Waals surface area contributed by atoms with Crippen molar-refractivity contribution in [3.8, 4) is 0 Å². The molecule has 0 heterocycles. The van der Waals surface area contributed by atoms with Gasteiger partial charge in [0.1, 0.15) is 0 Å². The molecule has 4 nitrogen and oxygen atoms in total. The first-order chi connectivity index (χ1) is 18.2. The molecular formula is C32H68HfO4. The first-order valence-electron chi connectivity index (χ1n) is 16.8. The molecule has 0 aromatic carbocycles. The Morgan fingerprint density at radius 1 is 0.270 bits per heavy atom. The van der Waals surface area contributed by atoms with E-state index in [0.717, 1.165) is 52.1 Å². The zero-order valence-corrected chi connectivity index (χ0v) is 29.5. The molecule has 0 N–H and O–H groups in total. The summed E-state index contributed by atoms with van der Waals surface area (Å²) in [6.45, 7) is 12.0. The Morgan fingerprint density at radius 2 is 0.459 bits per heavy atom. The van der Waals surface area contributed by atoms with Gasteiger partial charge in [-0.1, -0.05) is 0 Å². The van der Waals surface area contributed by atoms with Crippen LogP contribution in [0, 0.1) is 0 Å². The van der Waals surface area contributed by atoms with Crippen molar-refractivity contribution < 1.29 is 33.1 Å². The first-order valence-corrected chi connectivity index (χ1v) is 22.7. The number of hydrogen-bond acceptors (Lipinski definition) is 4. The molecule has 0 aromatic rings. The summed E-state index contributed by atoms with van der Waals surface area (Å²) < 4.78 is 26.1. The van der Waals surface area contributed by atoms with Crippen LogP contribution in [0.4, 0.5) is 0 Å². The average Bonchev–Trinajstić information content (AvgIpc) is 2.91. The van der Waals surface area contributed by atoms with Gasteiger partial charge in [0.05, 0.1) is 0 Å². The van der Waals surface area contributed by atoms with Crippen molar-refractivity contribution >= 4 is 0 Å². The molecule has 0 aliphatic carbocycles. The van der Waals surface area contributed by atoms with Crippen LogP contribution in [0.3, 0.4) is 0 Å². The van der Waals surface area contributed by atoms with Crippen LogP contribution in [0.5, 0.6) is 0 Å². The maximum atomic E-state index is 6.53. The standard InChI is InChI=1S/4C8H17O.Hf/c4*1-2-3-4-5-6-7-8-9;/h4*2-8H2,1H3;/q4*-1;+4. The van der Waals surface area contributed by atoms with E-state index in [9.17, 15) is 0 Å². The Labute approximate surface area is 240 Å². The molecule has 5 heteroatoms. The van der Waals surface area contributed by atoms with Gasteiger partial charge in [0.2, 0.25) is 0 Å². The molecule has 224 valence electrons. The summed E-state index contributed by atoms with van der Waals surface area (Å²) in [7, 11) is 0. The second-order valence-corrected chi connectivity index (χ2v) is 18.7. The Hall–Kier alpha value is 0.710. The molecule has 0 spiro atoms. The predicted octanol–water partition coefficient (Wildman–Crippen LogP) is 11.3. The molecule has 0 radical (unpaired) electrons. The zero-order valence-electron chi connectivity index (χ0n) is 25.9. The van der Waals surface area contributed by atoms with Crippen LogP contribution in [-0.2, 0) is 33.1 Å². The van der Waals surface area contributed by atoms with Gasteiger partial charge in [-0.15, -0.1) is 0 Å².